The first-order valence-corrected chi connectivity index (χ1v) is 12.6. The Labute approximate surface area is 210 Å². The van der Waals surface area contributed by atoms with Gasteiger partial charge < -0.3 is 9.64 Å². The lowest BCUT2D eigenvalue weighted by molar-refractivity contribution is -0.123. The van der Waals surface area contributed by atoms with Crippen molar-refractivity contribution in [3.63, 3.8) is 0 Å². The highest BCUT2D eigenvalue weighted by molar-refractivity contribution is 8.18. The first-order valence-electron chi connectivity index (χ1n) is 11.4. The van der Waals surface area contributed by atoms with E-state index in [1.807, 2.05) is 43.3 Å². The van der Waals surface area contributed by atoms with Gasteiger partial charge in [0.25, 0.3) is 11.1 Å². The van der Waals surface area contributed by atoms with Crippen molar-refractivity contribution >= 4 is 51.8 Å². The van der Waals surface area contributed by atoms with Crippen molar-refractivity contribution in [1.82, 2.24) is 4.90 Å². The number of amides is 2. The van der Waals surface area contributed by atoms with Crippen LogP contribution in [0.2, 0.25) is 5.02 Å². The van der Waals surface area contributed by atoms with Crippen LogP contribution in [0.4, 0.5) is 10.5 Å². The van der Waals surface area contributed by atoms with Crippen molar-refractivity contribution < 1.29 is 14.3 Å². The normalized spacial score (nSPS) is 18.4. The minimum Gasteiger partial charge on any atom is -0.492 e. The molecule has 2 aromatic rings. The van der Waals surface area contributed by atoms with Gasteiger partial charge in [-0.2, -0.15) is 0 Å². The number of likely N-dealkylation sites (N-methyl/N-ethyl adjacent to an activating group) is 1. The van der Waals surface area contributed by atoms with Crippen LogP contribution in [-0.2, 0) is 4.79 Å². The molecule has 4 rings (SSSR count). The standard InChI is InChI=1S/C27H29ClN2O3S/c1-6-30-23-15-22(28)19(13-21(23)18(3)16-27(30,4)5)14-24-25(31)29(26(32)34-24)11-12-33-20-9-7-17(2)8-10-20/h7-10,13-16H,6,11-12H2,1-5H3/b24-14+. The Bertz CT molecular complexity index is 1200. The van der Waals surface area contributed by atoms with Crippen molar-refractivity contribution in [2.75, 3.05) is 24.6 Å². The number of carbonyl (C=O) groups is 2. The number of hydrogen-bond donors (Lipinski definition) is 0. The number of halogens is 1. The Morgan fingerprint density at radius 2 is 1.82 bits per heavy atom. The van der Waals surface area contributed by atoms with Gasteiger partial charge in [-0.25, -0.2) is 0 Å². The molecule has 0 spiro atoms. The molecule has 34 heavy (non-hydrogen) atoms. The molecule has 1 fully saturated rings. The maximum absolute atomic E-state index is 13.0. The second-order valence-corrected chi connectivity index (χ2v) is 10.5. The summed E-state index contributed by atoms with van der Waals surface area (Å²) in [6.07, 6.45) is 3.97. The molecule has 2 amide bonds. The molecule has 0 aliphatic carbocycles. The molecule has 7 heteroatoms. The van der Waals surface area contributed by atoms with Crippen LogP contribution in [0.1, 0.15) is 44.4 Å². The molecule has 0 N–H and O–H groups in total. The Morgan fingerprint density at radius 1 is 1.12 bits per heavy atom. The third-order valence-corrected chi connectivity index (χ3v) is 7.41. The van der Waals surface area contributed by atoms with E-state index in [1.165, 1.54) is 4.90 Å². The molecule has 1 saturated heterocycles. The number of benzene rings is 2. The third-order valence-electron chi connectivity index (χ3n) is 6.18. The third kappa shape index (κ3) is 4.75. The topological polar surface area (TPSA) is 49.9 Å². The summed E-state index contributed by atoms with van der Waals surface area (Å²) in [7, 11) is 0. The number of ether oxygens (including phenoxy) is 1. The van der Waals surface area contributed by atoms with Gasteiger partial charge in [-0.1, -0.05) is 35.4 Å². The van der Waals surface area contributed by atoms with Gasteiger partial charge in [-0.3, -0.25) is 14.5 Å². The number of fused-ring (bicyclic) bond motifs is 1. The second-order valence-electron chi connectivity index (χ2n) is 9.11. The molecule has 178 valence electrons. The highest BCUT2D eigenvalue weighted by Gasteiger charge is 2.35. The monoisotopic (exact) mass is 496 g/mol. The quantitative estimate of drug-likeness (QED) is 0.412. The summed E-state index contributed by atoms with van der Waals surface area (Å²) in [5, 5.41) is 0.255. The van der Waals surface area contributed by atoms with Crippen LogP contribution in [0.15, 0.2) is 47.4 Å². The fourth-order valence-corrected chi connectivity index (χ4v) is 5.59. The fourth-order valence-electron chi connectivity index (χ4n) is 4.53. The summed E-state index contributed by atoms with van der Waals surface area (Å²) in [6.45, 7) is 11.9. The average molecular weight is 497 g/mol. The van der Waals surface area contributed by atoms with Crippen LogP contribution < -0.4 is 9.64 Å². The molecule has 0 bridgehead atoms. The lowest BCUT2D eigenvalue weighted by atomic mass is 9.88. The highest BCUT2D eigenvalue weighted by Crippen LogP contribution is 2.42. The Balaban J connectivity index is 1.53. The molecule has 5 nitrogen and oxygen atoms in total. The number of aryl methyl sites for hydroxylation is 1. The van der Waals surface area contributed by atoms with Gasteiger partial charge in [0.2, 0.25) is 0 Å². The second kappa shape index (κ2) is 9.51. The summed E-state index contributed by atoms with van der Waals surface area (Å²) in [4.78, 5) is 29.4. The van der Waals surface area contributed by atoms with Gasteiger partial charge >= 0.3 is 0 Å². The van der Waals surface area contributed by atoms with E-state index in [0.717, 1.165) is 46.3 Å². The minimum atomic E-state index is -0.320. The van der Waals surface area contributed by atoms with E-state index in [9.17, 15) is 9.59 Å². The van der Waals surface area contributed by atoms with E-state index in [0.29, 0.717) is 15.7 Å². The van der Waals surface area contributed by atoms with Crippen LogP contribution in [0, 0.1) is 6.92 Å². The number of allylic oxidation sites excluding steroid dienone is 1. The van der Waals surface area contributed by atoms with Crippen molar-refractivity contribution in [3.05, 3.63) is 69.1 Å². The van der Waals surface area contributed by atoms with Crippen LogP contribution >= 0.6 is 23.4 Å². The zero-order valence-corrected chi connectivity index (χ0v) is 21.7. The van der Waals surface area contributed by atoms with Crippen molar-refractivity contribution in [1.29, 1.82) is 0 Å². The minimum absolute atomic E-state index is 0.111. The number of rotatable bonds is 6. The van der Waals surface area contributed by atoms with Crippen LogP contribution in [-0.4, -0.2) is 41.3 Å². The summed E-state index contributed by atoms with van der Waals surface area (Å²) in [5.41, 5.74) is 5.09. The zero-order valence-electron chi connectivity index (χ0n) is 20.1. The molecule has 2 aliphatic heterocycles. The molecule has 2 heterocycles. The van der Waals surface area contributed by atoms with E-state index in [1.54, 1.807) is 6.08 Å². The SMILES string of the molecule is CCN1c2cc(Cl)c(/C=C3/SC(=O)N(CCOc4ccc(C)cc4)C3=O)cc2C(C)=CC1(C)C. The predicted octanol–water partition coefficient (Wildman–Crippen LogP) is 6.79. The van der Waals surface area contributed by atoms with E-state index < -0.39 is 0 Å². The molecular weight excluding hydrogens is 468 g/mol. The van der Waals surface area contributed by atoms with Gasteiger partial charge in [0.15, 0.2) is 0 Å². The Kier molecular flexibility index (Phi) is 6.83. The number of imide groups is 1. The number of anilines is 1. The van der Waals surface area contributed by atoms with Crippen LogP contribution in [0.25, 0.3) is 11.6 Å². The zero-order chi connectivity index (χ0) is 24.6. The number of hydrogen-bond acceptors (Lipinski definition) is 5. The van der Waals surface area contributed by atoms with Gasteiger partial charge in [-0.15, -0.1) is 0 Å². The van der Waals surface area contributed by atoms with Crippen LogP contribution in [0.5, 0.6) is 5.75 Å². The molecule has 0 saturated carbocycles. The van der Waals surface area contributed by atoms with E-state index in [-0.39, 0.29) is 29.8 Å². The lowest BCUT2D eigenvalue weighted by Crippen LogP contribution is -2.44. The van der Waals surface area contributed by atoms with Crippen molar-refractivity contribution in [2.45, 2.75) is 40.2 Å². The Hall–Kier alpha value is -2.70. The van der Waals surface area contributed by atoms with Gasteiger partial charge in [0, 0.05) is 22.8 Å². The lowest BCUT2D eigenvalue weighted by Gasteiger charge is -2.43. The number of nitrogens with zero attached hydrogens (tertiary/aromatic N) is 2. The maximum atomic E-state index is 13.0. The van der Waals surface area contributed by atoms with Gasteiger partial charge in [0.1, 0.15) is 12.4 Å². The smallest absolute Gasteiger partial charge is 0.293 e. The van der Waals surface area contributed by atoms with E-state index in [2.05, 4.69) is 38.7 Å². The average Bonchev–Trinajstić information content (AvgIpc) is 3.03. The summed E-state index contributed by atoms with van der Waals surface area (Å²) in [5.74, 6) is 0.390. The summed E-state index contributed by atoms with van der Waals surface area (Å²) in [6, 6.07) is 11.6. The molecule has 0 aromatic heterocycles. The molecule has 0 unspecified atom stereocenters. The predicted molar refractivity (Wildman–Crippen MR) is 142 cm³/mol. The first-order chi connectivity index (χ1) is 16.1. The van der Waals surface area contributed by atoms with Crippen molar-refractivity contribution in [3.8, 4) is 5.75 Å². The largest absolute Gasteiger partial charge is 0.492 e. The number of carbonyl (C=O) groups excluding carboxylic acids is 2. The van der Waals surface area contributed by atoms with Gasteiger partial charge in [0.05, 0.1) is 17.0 Å². The van der Waals surface area contributed by atoms with E-state index >= 15 is 0 Å². The molecule has 2 aromatic carbocycles. The van der Waals surface area contributed by atoms with Crippen LogP contribution in [0.3, 0.4) is 0 Å². The van der Waals surface area contributed by atoms with Gasteiger partial charge in [-0.05, 0) is 87.9 Å². The van der Waals surface area contributed by atoms with E-state index in [4.69, 9.17) is 16.3 Å². The first kappa shape index (κ1) is 24.4. The fraction of sp³-hybridized carbons (Fsp3) is 0.333. The summed E-state index contributed by atoms with van der Waals surface area (Å²) >= 11 is 7.59. The molecule has 2 aliphatic rings. The summed E-state index contributed by atoms with van der Waals surface area (Å²) < 4.78 is 5.70. The highest BCUT2D eigenvalue weighted by atomic mass is 35.5. The maximum Gasteiger partial charge on any atom is 0.293 e. The molecular formula is C27H29ClN2O3S. The Morgan fingerprint density at radius 3 is 2.50 bits per heavy atom. The molecule has 0 atom stereocenters. The molecule has 0 radical (unpaired) electrons. The van der Waals surface area contributed by atoms with Crippen molar-refractivity contribution in [2.24, 2.45) is 0 Å². The number of thioether (sulfide) groups is 1.